The molecule has 2 heterocycles. The summed E-state index contributed by atoms with van der Waals surface area (Å²) in [5.74, 6) is 3.50. The Morgan fingerprint density at radius 1 is 1.08 bits per heavy atom. The summed E-state index contributed by atoms with van der Waals surface area (Å²) < 4.78 is 21.4. The summed E-state index contributed by atoms with van der Waals surface area (Å²) in [7, 11) is 3.15. The van der Waals surface area contributed by atoms with Gasteiger partial charge in [-0.05, 0) is 29.8 Å². The molecule has 1 saturated heterocycles. The van der Waals surface area contributed by atoms with Crippen LogP contribution in [-0.2, 0) is 0 Å². The summed E-state index contributed by atoms with van der Waals surface area (Å²) >= 11 is 1.74. The summed E-state index contributed by atoms with van der Waals surface area (Å²) in [5.41, 5.74) is 1.58. The summed E-state index contributed by atoms with van der Waals surface area (Å²) in [4.78, 5) is 15.0. The molecule has 6 nitrogen and oxygen atoms in total. The van der Waals surface area contributed by atoms with Gasteiger partial charge in [0.25, 0.3) is 5.91 Å². The molecule has 0 saturated carbocycles. The van der Waals surface area contributed by atoms with Crippen LogP contribution in [0.2, 0.25) is 0 Å². The van der Waals surface area contributed by atoms with Gasteiger partial charge in [0.15, 0.2) is 11.5 Å². The fraction of sp³-hybridized carbons (Fsp3) is 0.316. The molecule has 0 aliphatic carbocycles. The van der Waals surface area contributed by atoms with Crippen molar-refractivity contribution in [1.29, 1.82) is 0 Å². The molecule has 1 atom stereocenters. The second-order valence-corrected chi connectivity index (χ2v) is 7.12. The van der Waals surface area contributed by atoms with Crippen LogP contribution in [0.15, 0.2) is 36.4 Å². The van der Waals surface area contributed by atoms with Crippen LogP contribution < -0.4 is 18.9 Å². The summed E-state index contributed by atoms with van der Waals surface area (Å²) in [6.45, 7) is 0.922. The zero-order valence-electron chi connectivity index (χ0n) is 14.6. The molecule has 7 heteroatoms. The highest BCUT2D eigenvalue weighted by Crippen LogP contribution is 2.43. The SMILES string of the molecule is COc1cc(OC)cc(C(=O)N2CCSC2c2ccc3c(c2)OCO3)c1. The predicted octanol–water partition coefficient (Wildman–Crippen LogP) is 3.32. The first kappa shape index (κ1) is 16.9. The zero-order valence-corrected chi connectivity index (χ0v) is 15.4. The van der Waals surface area contributed by atoms with Crippen molar-refractivity contribution in [2.45, 2.75) is 5.37 Å². The second-order valence-electron chi connectivity index (χ2n) is 5.94. The van der Waals surface area contributed by atoms with Gasteiger partial charge in [-0.3, -0.25) is 4.79 Å². The highest BCUT2D eigenvalue weighted by molar-refractivity contribution is 7.99. The van der Waals surface area contributed by atoms with Crippen LogP contribution in [0, 0.1) is 0 Å². The third-order valence-corrected chi connectivity index (χ3v) is 5.69. The molecule has 2 aliphatic rings. The topological polar surface area (TPSA) is 57.2 Å². The molecule has 1 fully saturated rings. The number of carbonyl (C=O) groups is 1. The van der Waals surface area contributed by atoms with Gasteiger partial charge in [-0.15, -0.1) is 11.8 Å². The molecular formula is C19H19NO5S. The van der Waals surface area contributed by atoms with Crippen molar-refractivity contribution in [2.75, 3.05) is 33.3 Å². The van der Waals surface area contributed by atoms with Gasteiger partial charge in [0, 0.05) is 23.9 Å². The number of benzene rings is 2. The van der Waals surface area contributed by atoms with Gasteiger partial charge in [0.1, 0.15) is 16.9 Å². The van der Waals surface area contributed by atoms with Crippen LogP contribution in [0.3, 0.4) is 0 Å². The number of carbonyl (C=O) groups excluding carboxylic acids is 1. The van der Waals surface area contributed by atoms with Crippen LogP contribution in [0.5, 0.6) is 23.0 Å². The Balaban J connectivity index is 1.63. The fourth-order valence-electron chi connectivity index (χ4n) is 3.12. The molecule has 0 radical (unpaired) electrons. The molecule has 2 aromatic rings. The molecule has 1 unspecified atom stereocenters. The molecule has 136 valence electrons. The maximum absolute atomic E-state index is 13.1. The highest BCUT2D eigenvalue weighted by atomic mass is 32.2. The minimum Gasteiger partial charge on any atom is -0.497 e. The number of thioether (sulfide) groups is 1. The lowest BCUT2D eigenvalue weighted by Crippen LogP contribution is -2.30. The molecule has 0 bridgehead atoms. The van der Waals surface area contributed by atoms with Gasteiger partial charge in [-0.2, -0.15) is 0 Å². The molecule has 26 heavy (non-hydrogen) atoms. The molecule has 0 aromatic heterocycles. The van der Waals surface area contributed by atoms with Crippen molar-refractivity contribution in [3.8, 4) is 23.0 Å². The molecule has 0 spiro atoms. The minimum absolute atomic E-state index is 0.0464. The largest absolute Gasteiger partial charge is 0.497 e. The maximum atomic E-state index is 13.1. The Labute approximate surface area is 156 Å². The Hall–Kier alpha value is -2.54. The first-order valence-corrected chi connectivity index (χ1v) is 9.29. The van der Waals surface area contributed by atoms with E-state index >= 15 is 0 Å². The summed E-state index contributed by atoms with van der Waals surface area (Å²) in [5, 5.41) is -0.0609. The van der Waals surface area contributed by atoms with Gasteiger partial charge in [0.2, 0.25) is 6.79 Å². The number of amides is 1. The molecule has 0 N–H and O–H groups in total. The number of hydrogen-bond acceptors (Lipinski definition) is 6. The number of methoxy groups -OCH3 is 2. The molecule has 2 aromatic carbocycles. The maximum Gasteiger partial charge on any atom is 0.255 e. The van der Waals surface area contributed by atoms with E-state index in [0.29, 0.717) is 23.6 Å². The monoisotopic (exact) mass is 373 g/mol. The summed E-state index contributed by atoms with van der Waals surface area (Å²) in [6.07, 6.45) is 0. The first-order chi connectivity index (χ1) is 12.7. The standard InChI is InChI=1S/C19H19NO5S/c1-22-14-7-13(8-15(10-14)23-2)18(21)20-5-6-26-19(20)12-3-4-16-17(9-12)25-11-24-16/h3-4,7-10,19H,5-6,11H2,1-2H3. The van der Waals surface area contributed by atoms with E-state index in [1.807, 2.05) is 23.1 Å². The van der Waals surface area contributed by atoms with E-state index in [-0.39, 0.29) is 18.1 Å². The number of hydrogen-bond donors (Lipinski definition) is 0. The van der Waals surface area contributed by atoms with Crippen LogP contribution in [-0.4, -0.2) is 44.1 Å². The van der Waals surface area contributed by atoms with E-state index in [0.717, 1.165) is 22.8 Å². The number of fused-ring (bicyclic) bond motifs is 1. The average Bonchev–Trinajstić information content (AvgIpc) is 3.35. The zero-order chi connectivity index (χ0) is 18.1. The van der Waals surface area contributed by atoms with Gasteiger partial charge >= 0.3 is 0 Å². The Bertz CT molecular complexity index is 818. The lowest BCUT2D eigenvalue weighted by Gasteiger charge is -2.24. The number of rotatable bonds is 4. The molecule has 4 rings (SSSR count). The van der Waals surface area contributed by atoms with E-state index in [1.165, 1.54) is 0 Å². The average molecular weight is 373 g/mol. The minimum atomic E-state index is -0.0609. The molecule has 1 amide bonds. The lowest BCUT2D eigenvalue weighted by molar-refractivity contribution is 0.0759. The van der Waals surface area contributed by atoms with Crippen molar-refractivity contribution in [3.63, 3.8) is 0 Å². The first-order valence-electron chi connectivity index (χ1n) is 8.25. The number of ether oxygens (including phenoxy) is 4. The van der Waals surface area contributed by atoms with E-state index in [4.69, 9.17) is 18.9 Å². The normalized spacial score (nSPS) is 18.1. The van der Waals surface area contributed by atoms with Crippen LogP contribution in [0.4, 0.5) is 0 Å². The van der Waals surface area contributed by atoms with Gasteiger partial charge in [0.05, 0.1) is 14.2 Å². The fourth-order valence-corrected chi connectivity index (χ4v) is 4.36. The number of nitrogens with zero attached hydrogens (tertiary/aromatic N) is 1. The second kappa shape index (κ2) is 6.99. The third kappa shape index (κ3) is 3.03. The molecule has 2 aliphatic heterocycles. The van der Waals surface area contributed by atoms with Gasteiger partial charge in [-0.1, -0.05) is 6.07 Å². The molecular weight excluding hydrogens is 354 g/mol. The Kier molecular flexibility index (Phi) is 4.55. The quantitative estimate of drug-likeness (QED) is 0.820. The van der Waals surface area contributed by atoms with Crippen molar-refractivity contribution >= 4 is 17.7 Å². The Morgan fingerprint density at radius 3 is 2.54 bits per heavy atom. The van der Waals surface area contributed by atoms with Crippen LogP contribution in [0.25, 0.3) is 0 Å². The van der Waals surface area contributed by atoms with E-state index in [9.17, 15) is 4.79 Å². The highest BCUT2D eigenvalue weighted by Gasteiger charge is 2.32. The smallest absolute Gasteiger partial charge is 0.255 e. The van der Waals surface area contributed by atoms with Crippen molar-refractivity contribution in [3.05, 3.63) is 47.5 Å². The Morgan fingerprint density at radius 2 is 1.81 bits per heavy atom. The lowest BCUT2D eigenvalue weighted by atomic mass is 10.1. The van der Waals surface area contributed by atoms with Crippen molar-refractivity contribution in [2.24, 2.45) is 0 Å². The van der Waals surface area contributed by atoms with Crippen LogP contribution in [0.1, 0.15) is 21.3 Å². The van der Waals surface area contributed by atoms with E-state index < -0.39 is 0 Å². The van der Waals surface area contributed by atoms with E-state index in [1.54, 1.807) is 44.2 Å². The van der Waals surface area contributed by atoms with Gasteiger partial charge in [-0.25, -0.2) is 0 Å². The van der Waals surface area contributed by atoms with E-state index in [2.05, 4.69) is 0 Å². The summed E-state index contributed by atoms with van der Waals surface area (Å²) in [6, 6.07) is 11.1. The van der Waals surface area contributed by atoms with Gasteiger partial charge < -0.3 is 23.8 Å². The third-order valence-electron chi connectivity index (χ3n) is 4.43. The van der Waals surface area contributed by atoms with Crippen molar-refractivity contribution in [1.82, 2.24) is 4.90 Å². The van der Waals surface area contributed by atoms with Crippen LogP contribution >= 0.6 is 11.8 Å². The van der Waals surface area contributed by atoms with Crippen molar-refractivity contribution < 1.29 is 23.7 Å². The predicted molar refractivity (Wildman–Crippen MR) is 98.3 cm³/mol.